The molecule has 1 aliphatic rings. The summed E-state index contributed by atoms with van der Waals surface area (Å²) in [5.41, 5.74) is 0. The second kappa shape index (κ2) is 6.07. The van der Waals surface area contributed by atoms with Gasteiger partial charge in [0.25, 0.3) is 0 Å². The molecule has 1 N–H and O–H groups in total. The summed E-state index contributed by atoms with van der Waals surface area (Å²) >= 11 is 0. The van der Waals surface area contributed by atoms with Crippen molar-refractivity contribution in [3.05, 3.63) is 18.7 Å². The first-order chi connectivity index (χ1) is 10.3. The van der Waals surface area contributed by atoms with E-state index in [1.165, 1.54) is 25.7 Å². The van der Waals surface area contributed by atoms with Crippen LogP contribution in [0.4, 0.5) is 11.9 Å². The Morgan fingerprint density at radius 1 is 1.29 bits per heavy atom. The molecule has 7 heteroatoms. The summed E-state index contributed by atoms with van der Waals surface area (Å²) in [7, 11) is 2.07. The molecule has 0 spiro atoms. The average molecular weight is 287 g/mol. The van der Waals surface area contributed by atoms with Gasteiger partial charge in [-0.25, -0.2) is 4.98 Å². The maximum absolute atomic E-state index is 4.59. The molecule has 0 aliphatic heterocycles. The Bertz CT molecular complexity index is 575. The Morgan fingerprint density at radius 2 is 2.10 bits per heavy atom. The Labute approximate surface area is 124 Å². The molecule has 1 aliphatic carbocycles. The van der Waals surface area contributed by atoms with Crippen molar-refractivity contribution in [1.82, 2.24) is 24.5 Å². The molecule has 2 heterocycles. The molecule has 1 fully saturated rings. The molecule has 2 aromatic rings. The van der Waals surface area contributed by atoms with Gasteiger partial charge >= 0.3 is 0 Å². The zero-order valence-electron chi connectivity index (χ0n) is 12.5. The standard InChI is InChI=1S/C14H21N7/c1-3-16-12-17-13(20(2)11-6-4-5-7-11)19-14(18-12)21-9-8-15-10-21/h8-11H,3-7H2,1-2H3,(H,16,17,18,19). The molecule has 7 nitrogen and oxygen atoms in total. The quantitative estimate of drug-likeness (QED) is 0.905. The van der Waals surface area contributed by atoms with Gasteiger partial charge in [0.2, 0.25) is 17.8 Å². The van der Waals surface area contributed by atoms with E-state index in [0.29, 0.717) is 17.9 Å². The molecule has 0 radical (unpaired) electrons. The molecule has 0 atom stereocenters. The van der Waals surface area contributed by atoms with Crippen molar-refractivity contribution in [2.45, 2.75) is 38.6 Å². The van der Waals surface area contributed by atoms with Crippen LogP contribution in [0, 0.1) is 0 Å². The first kappa shape index (κ1) is 13.8. The van der Waals surface area contributed by atoms with Gasteiger partial charge in [-0.2, -0.15) is 15.0 Å². The number of anilines is 2. The number of aromatic nitrogens is 5. The molecular weight excluding hydrogens is 266 g/mol. The molecule has 21 heavy (non-hydrogen) atoms. The van der Waals surface area contributed by atoms with Crippen molar-refractivity contribution in [3.8, 4) is 5.95 Å². The molecule has 0 bridgehead atoms. The number of nitrogens with one attached hydrogen (secondary N) is 1. The summed E-state index contributed by atoms with van der Waals surface area (Å²) in [6, 6.07) is 0.525. The van der Waals surface area contributed by atoms with Crippen molar-refractivity contribution in [2.75, 3.05) is 23.8 Å². The Kier molecular flexibility index (Phi) is 3.98. The van der Waals surface area contributed by atoms with E-state index in [2.05, 4.69) is 37.2 Å². The third-order valence-corrected chi connectivity index (χ3v) is 3.87. The highest BCUT2D eigenvalue weighted by Gasteiger charge is 2.22. The lowest BCUT2D eigenvalue weighted by Crippen LogP contribution is -2.31. The van der Waals surface area contributed by atoms with Crippen molar-refractivity contribution < 1.29 is 0 Å². The third-order valence-electron chi connectivity index (χ3n) is 3.87. The largest absolute Gasteiger partial charge is 0.354 e. The van der Waals surface area contributed by atoms with Crippen LogP contribution in [0.15, 0.2) is 18.7 Å². The highest BCUT2D eigenvalue weighted by molar-refractivity contribution is 5.40. The van der Waals surface area contributed by atoms with Crippen LogP contribution < -0.4 is 10.2 Å². The molecule has 2 aromatic heterocycles. The SMILES string of the molecule is CCNc1nc(N(C)C2CCCC2)nc(-n2ccnc2)n1. The topological polar surface area (TPSA) is 71.8 Å². The monoisotopic (exact) mass is 287 g/mol. The van der Waals surface area contributed by atoms with Gasteiger partial charge < -0.3 is 10.2 Å². The number of hydrogen-bond donors (Lipinski definition) is 1. The number of rotatable bonds is 5. The fourth-order valence-electron chi connectivity index (χ4n) is 2.70. The molecule has 0 amide bonds. The second-order valence-corrected chi connectivity index (χ2v) is 5.31. The summed E-state index contributed by atoms with van der Waals surface area (Å²) in [5.74, 6) is 1.92. The van der Waals surface area contributed by atoms with Crippen molar-refractivity contribution in [2.24, 2.45) is 0 Å². The van der Waals surface area contributed by atoms with Crippen LogP contribution in [0.2, 0.25) is 0 Å². The van der Waals surface area contributed by atoms with Gasteiger partial charge in [-0.1, -0.05) is 12.8 Å². The summed E-state index contributed by atoms with van der Waals surface area (Å²) in [6.07, 6.45) is 10.2. The average Bonchev–Trinajstić information content (AvgIpc) is 3.19. The molecule has 0 saturated heterocycles. The molecule has 112 valence electrons. The Morgan fingerprint density at radius 3 is 2.76 bits per heavy atom. The van der Waals surface area contributed by atoms with E-state index < -0.39 is 0 Å². The summed E-state index contributed by atoms with van der Waals surface area (Å²) in [4.78, 5) is 19.8. The number of hydrogen-bond acceptors (Lipinski definition) is 6. The lowest BCUT2D eigenvalue weighted by atomic mass is 10.2. The van der Waals surface area contributed by atoms with Crippen LogP contribution in [-0.2, 0) is 0 Å². The number of imidazole rings is 1. The lowest BCUT2D eigenvalue weighted by molar-refractivity contribution is 0.635. The zero-order chi connectivity index (χ0) is 14.7. The van der Waals surface area contributed by atoms with Crippen LogP contribution in [0.25, 0.3) is 5.95 Å². The van der Waals surface area contributed by atoms with Crippen LogP contribution in [0.5, 0.6) is 0 Å². The van der Waals surface area contributed by atoms with Gasteiger partial charge in [0.05, 0.1) is 0 Å². The Balaban J connectivity index is 1.94. The van der Waals surface area contributed by atoms with Gasteiger partial charge in [0, 0.05) is 32.0 Å². The van der Waals surface area contributed by atoms with Crippen molar-refractivity contribution in [1.29, 1.82) is 0 Å². The zero-order valence-corrected chi connectivity index (χ0v) is 12.5. The molecule has 1 saturated carbocycles. The summed E-state index contributed by atoms with van der Waals surface area (Å²) in [5, 5.41) is 3.17. The minimum Gasteiger partial charge on any atom is -0.354 e. The highest BCUT2D eigenvalue weighted by Crippen LogP contribution is 2.25. The van der Waals surface area contributed by atoms with Gasteiger partial charge in [0.1, 0.15) is 6.33 Å². The molecule has 0 aromatic carbocycles. The summed E-state index contributed by atoms with van der Waals surface area (Å²) in [6.45, 7) is 2.81. The first-order valence-electron chi connectivity index (χ1n) is 7.49. The van der Waals surface area contributed by atoms with E-state index in [1.807, 2.05) is 13.1 Å². The van der Waals surface area contributed by atoms with E-state index in [-0.39, 0.29) is 0 Å². The van der Waals surface area contributed by atoms with Gasteiger partial charge in [-0.3, -0.25) is 4.57 Å². The van der Waals surface area contributed by atoms with E-state index >= 15 is 0 Å². The third kappa shape index (κ3) is 2.96. The molecule has 0 unspecified atom stereocenters. The number of nitrogens with zero attached hydrogens (tertiary/aromatic N) is 6. The predicted molar refractivity (Wildman–Crippen MR) is 81.8 cm³/mol. The van der Waals surface area contributed by atoms with Gasteiger partial charge in [-0.15, -0.1) is 0 Å². The smallest absolute Gasteiger partial charge is 0.241 e. The van der Waals surface area contributed by atoms with Crippen LogP contribution in [0.1, 0.15) is 32.6 Å². The van der Waals surface area contributed by atoms with Crippen LogP contribution in [0.3, 0.4) is 0 Å². The molecule has 3 rings (SSSR count). The fraction of sp³-hybridized carbons (Fsp3) is 0.571. The Hall–Kier alpha value is -2.18. The lowest BCUT2D eigenvalue weighted by Gasteiger charge is -2.24. The van der Waals surface area contributed by atoms with E-state index in [1.54, 1.807) is 17.1 Å². The minimum absolute atomic E-state index is 0.525. The van der Waals surface area contributed by atoms with Crippen LogP contribution in [-0.4, -0.2) is 44.1 Å². The van der Waals surface area contributed by atoms with Gasteiger partial charge in [-0.05, 0) is 19.8 Å². The minimum atomic E-state index is 0.525. The normalized spacial score (nSPS) is 15.3. The second-order valence-electron chi connectivity index (χ2n) is 5.31. The van der Waals surface area contributed by atoms with Crippen molar-refractivity contribution >= 4 is 11.9 Å². The summed E-state index contributed by atoms with van der Waals surface area (Å²) < 4.78 is 1.80. The molecular formula is C14H21N7. The first-order valence-corrected chi connectivity index (χ1v) is 7.49. The fourth-order valence-corrected chi connectivity index (χ4v) is 2.70. The van der Waals surface area contributed by atoms with E-state index in [0.717, 1.165) is 12.5 Å². The van der Waals surface area contributed by atoms with E-state index in [4.69, 9.17) is 0 Å². The predicted octanol–water partition coefficient (Wildman–Crippen LogP) is 1.87. The maximum atomic E-state index is 4.59. The highest BCUT2D eigenvalue weighted by atomic mass is 15.3. The van der Waals surface area contributed by atoms with E-state index in [9.17, 15) is 0 Å². The maximum Gasteiger partial charge on any atom is 0.241 e. The van der Waals surface area contributed by atoms with Crippen LogP contribution >= 0.6 is 0 Å². The van der Waals surface area contributed by atoms with Gasteiger partial charge in [0.15, 0.2) is 0 Å². The van der Waals surface area contributed by atoms with Crippen molar-refractivity contribution in [3.63, 3.8) is 0 Å².